The van der Waals surface area contributed by atoms with E-state index in [1.807, 2.05) is 25.7 Å². The Labute approximate surface area is 134 Å². The number of hydrogen-bond acceptors (Lipinski definition) is 3. The Morgan fingerprint density at radius 1 is 1.18 bits per heavy atom. The summed E-state index contributed by atoms with van der Waals surface area (Å²) in [6.07, 6.45) is 1.23. The van der Waals surface area contributed by atoms with Gasteiger partial charge in [0.25, 0.3) is 0 Å². The Morgan fingerprint density at radius 3 is 2.32 bits per heavy atom. The van der Waals surface area contributed by atoms with Crippen LogP contribution in [0.3, 0.4) is 0 Å². The van der Waals surface area contributed by atoms with Gasteiger partial charge in [0.15, 0.2) is 0 Å². The van der Waals surface area contributed by atoms with Gasteiger partial charge in [0, 0.05) is 37.4 Å². The van der Waals surface area contributed by atoms with Crippen molar-refractivity contribution >= 4 is 5.91 Å². The first-order chi connectivity index (χ1) is 10.4. The number of carbonyl (C=O) groups excluding carboxylic acids is 1. The summed E-state index contributed by atoms with van der Waals surface area (Å²) in [5.74, 6) is 0.865. The first-order valence-electron chi connectivity index (χ1n) is 8.42. The molecule has 0 bridgehead atoms. The van der Waals surface area contributed by atoms with Crippen molar-refractivity contribution < 1.29 is 4.79 Å². The van der Waals surface area contributed by atoms with Gasteiger partial charge < -0.3 is 4.90 Å². The Bertz CT molecular complexity index is 481. The molecule has 1 saturated heterocycles. The summed E-state index contributed by atoms with van der Waals surface area (Å²) in [5.41, 5.74) is 3.01. The van der Waals surface area contributed by atoms with E-state index in [4.69, 9.17) is 0 Å². The normalized spacial score (nSPS) is 18.0. The molecule has 0 radical (unpaired) electrons. The third-order valence-corrected chi connectivity index (χ3v) is 4.70. The van der Waals surface area contributed by atoms with Crippen LogP contribution < -0.4 is 0 Å². The fraction of sp³-hybridized carbons (Fsp3) is 0.765. The number of hydrogen-bond donors (Lipinski definition) is 1. The summed E-state index contributed by atoms with van der Waals surface area (Å²) in [6.45, 7) is 15.3. The molecule has 0 aromatic carbocycles. The average molecular weight is 306 g/mol. The number of aromatic nitrogens is 2. The highest BCUT2D eigenvalue weighted by Gasteiger charge is 2.28. The molecule has 22 heavy (non-hydrogen) atoms. The quantitative estimate of drug-likeness (QED) is 0.908. The Morgan fingerprint density at radius 2 is 1.82 bits per heavy atom. The minimum absolute atomic E-state index is 0.110. The maximum atomic E-state index is 12.7. The second-order valence-corrected chi connectivity index (χ2v) is 6.92. The Balaban J connectivity index is 1.90. The van der Waals surface area contributed by atoms with Crippen molar-refractivity contribution in [2.24, 2.45) is 5.92 Å². The molecule has 1 aromatic rings. The van der Waals surface area contributed by atoms with Gasteiger partial charge in [-0.25, -0.2) is 0 Å². The molecule has 1 N–H and O–H groups in total. The molecule has 1 fully saturated rings. The highest BCUT2D eigenvalue weighted by atomic mass is 16.2. The van der Waals surface area contributed by atoms with Crippen molar-refractivity contribution in [2.75, 3.05) is 32.7 Å². The zero-order chi connectivity index (χ0) is 16.3. The van der Waals surface area contributed by atoms with Crippen molar-refractivity contribution in [3.05, 3.63) is 17.0 Å². The molecule has 124 valence electrons. The molecule has 0 aliphatic carbocycles. The topological polar surface area (TPSA) is 52.2 Å². The SMILES string of the molecule is Cc1n[nH]c(C)c1[C@@H](C)C(=O)N1CCN(CCC(C)C)CC1. The molecule has 2 heterocycles. The van der Waals surface area contributed by atoms with Crippen LogP contribution in [-0.2, 0) is 4.79 Å². The Kier molecular flexibility index (Phi) is 5.62. The van der Waals surface area contributed by atoms with Gasteiger partial charge >= 0.3 is 0 Å². The third kappa shape index (κ3) is 3.88. The van der Waals surface area contributed by atoms with Crippen LogP contribution in [-0.4, -0.2) is 58.6 Å². The van der Waals surface area contributed by atoms with E-state index in [1.165, 1.54) is 6.42 Å². The fourth-order valence-electron chi connectivity index (χ4n) is 3.23. The van der Waals surface area contributed by atoms with E-state index in [-0.39, 0.29) is 11.8 Å². The van der Waals surface area contributed by atoms with Crippen molar-refractivity contribution in [1.82, 2.24) is 20.0 Å². The summed E-state index contributed by atoms with van der Waals surface area (Å²) in [5, 5.41) is 7.19. The minimum Gasteiger partial charge on any atom is -0.340 e. The molecular weight excluding hydrogens is 276 g/mol. The first kappa shape index (κ1) is 17.0. The van der Waals surface area contributed by atoms with Gasteiger partial charge in [-0.05, 0) is 39.7 Å². The van der Waals surface area contributed by atoms with E-state index in [0.29, 0.717) is 0 Å². The lowest BCUT2D eigenvalue weighted by atomic mass is 9.97. The number of aryl methyl sites for hydroxylation is 2. The van der Waals surface area contributed by atoms with Gasteiger partial charge in [0.1, 0.15) is 0 Å². The van der Waals surface area contributed by atoms with Gasteiger partial charge in [-0.1, -0.05) is 13.8 Å². The molecule has 5 heteroatoms. The lowest BCUT2D eigenvalue weighted by molar-refractivity contribution is -0.134. The fourth-order valence-corrected chi connectivity index (χ4v) is 3.23. The van der Waals surface area contributed by atoms with Gasteiger partial charge in [-0.2, -0.15) is 5.10 Å². The van der Waals surface area contributed by atoms with E-state index < -0.39 is 0 Å². The molecule has 0 spiro atoms. The number of carbonyl (C=O) groups is 1. The predicted octanol–water partition coefficient (Wildman–Crippen LogP) is 2.32. The van der Waals surface area contributed by atoms with Crippen LogP contribution in [0.4, 0.5) is 0 Å². The number of rotatable bonds is 5. The van der Waals surface area contributed by atoms with Crippen LogP contribution in [0.2, 0.25) is 0 Å². The van der Waals surface area contributed by atoms with Gasteiger partial charge in [-0.3, -0.25) is 14.8 Å². The molecule has 1 aromatic heterocycles. The summed E-state index contributed by atoms with van der Waals surface area (Å²) >= 11 is 0. The second-order valence-electron chi connectivity index (χ2n) is 6.92. The number of amides is 1. The highest BCUT2D eigenvalue weighted by molar-refractivity contribution is 5.84. The largest absolute Gasteiger partial charge is 0.340 e. The monoisotopic (exact) mass is 306 g/mol. The van der Waals surface area contributed by atoms with E-state index in [2.05, 4.69) is 28.9 Å². The van der Waals surface area contributed by atoms with E-state index in [0.717, 1.165) is 55.6 Å². The molecular formula is C17H30N4O. The van der Waals surface area contributed by atoms with Crippen LogP contribution in [0.15, 0.2) is 0 Å². The summed E-state index contributed by atoms with van der Waals surface area (Å²) in [6, 6.07) is 0. The molecule has 2 rings (SSSR count). The van der Waals surface area contributed by atoms with Gasteiger partial charge in [0.05, 0.1) is 11.6 Å². The smallest absolute Gasteiger partial charge is 0.230 e. The maximum absolute atomic E-state index is 12.7. The molecule has 5 nitrogen and oxygen atoms in total. The van der Waals surface area contributed by atoms with Crippen LogP contribution in [0.25, 0.3) is 0 Å². The molecule has 1 atom stereocenters. The van der Waals surface area contributed by atoms with Crippen molar-refractivity contribution in [1.29, 1.82) is 0 Å². The molecule has 0 saturated carbocycles. The maximum Gasteiger partial charge on any atom is 0.230 e. The van der Waals surface area contributed by atoms with E-state index in [1.54, 1.807) is 0 Å². The second kappa shape index (κ2) is 7.27. The van der Waals surface area contributed by atoms with Gasteiger partial charge in [0.2, 0.25) is 5.91 Å². The third-order valence-electron chi connectivity index (χ3n) is 4.70. The molecule has 1 aliphatic rings. The van der Waals surface area contributed by atoms with Crippen molar-refractivity contribution in [3.63, 3.8) is 0 Å². The zero-order valence-corrected chi connectivity index (χ0v) is 14.6. The van der Waals surface area contributed by atoms with Crippen molar-refractivity contribution in [3.8, 4) is 0 Å². The zero-order valence-electron chi connectivity index (χ0n) is 14.6. The van der Waals surface area contributed by atoms with Crippen LogP contribution >= 0.6 is 0 Å². The lowest BCUT2D eigenvalue weighted by Crippen LogP contribution is -2.50. The summed E-state index contributed by atoms with van der Waals surface area (Å²) < 4.78 is 0. The van der Waals surface area contributed by atoms with Crippen LogP contribution in [0.5, 0.6) is 0 Å². The van der Waals surface area contributed by atoms with Gasteiger partial charge in [-0.15, -0.1) is 0 Å². The number of H-pyrrole nitrogens is 1. The standard InChI is InChI=1S/C17H30N4O/c1-12(2)6-7-20-8-10-21(11-9-20)17(22)13(3)16-14(4)18-19-15(16)5/h12-13H,6-11H2,1-5H3,(H,18,19)/t13-/m1/s1. The Hall–Kier alpha value is -1.36. The number of nitrogens with zero attached hydrogens (tertiary/aromatic N) is 3. The highest BCUT2D eigenvalue weighted by Crippen LogP contribution is 2.24. The lowest BCUT2D eigenvalue weighted by Gasteiger charge is -2.36. The molecule has 0 unspecified atom stereocenters. The minimum atomic E-state index is -0.110. The molecule has 1 amide bonds. The summed E-state index contributed by atoms with van der Waals surface area (Å²) in [4.78, 5) is 17.2. The van der Waals surface area contributed by atoms with Crippen molar-refractivity contribution in [2.45, 2.75) is 47.0 Å². The predicted molar refractivity (Wildman–Crippen MR) is 89.0 cm³/mol. The number of nitrogens with one attached hydrogen (secondary N) is 1. The summed E-state index contributed by atoms with van der Waals surface area (Å²) in [7, 11) is 0. The number of aromatic amines is 1. The van der Waals surface area contributed by atoms with Crippen LogP contribution in [0, 0.1) is 19.8 Å². The van der Waals surface area contributed by atoms with E-state index >= 15 is 0 Å². The average Bonchev–Trinajstić information content (AvgIpc) is 2.83. The number of piperazine rings is 1. The molecule has 1 aliphatic heterocycles. The first-order valence-corrected chi connectivity index (χ1v) is 8.42. The van der Waals surface area contributed by atoms with E-state index in [9.17, 15) is 4.79 Å². The van der Waals surface area contributed by atoms with Crippen LogP contribution in [0.1, 0.15) is 50.1 Å².